The van der Waals surface area contributed by atoms with Crippen LogP contribution < -0.4 is 0 Å². The second-order valence-electron chi connectivity index (χ2n) is 4.86. The standard InChI is InChI=1S/C15H21NO/c1-13(17)15-9-11-16(12-15)10-5-8-14-6-3-2-4-7-14/h2-8,13,15,17H,9-12H2,1H3/b8-5+. The molecule has 17 heavy (non-hydrogen) atoms. The van der Waals surface area contributed by atoms with E-state index in [0.717, 1.165) is 26.1 Å². The normalized spacial score (nSPS) is 23.3. The molecule has 2 nitrogen and oxygen atoms in total. The minimum atomic E-state index is -0.168. The summed E-state index contributed by atoms with van der Waals surface area (Å²) in [6, 6.07) is 10.4. The maximum atomic E-state index is 9.53. The van der Waals surface area contributed by atoms with E-state index in [1.807, 2.05) is 13.0 Å². The van der Waals surface area contributed by atoms with E-state index < -0.39 is 0 Å². The third-order valence-corrected chi connectivity index (χ3v) is 3.46. The molecule has 92 valence electrons. The molecule has 2 rings (SSSR count). The van der Waals surface area contributed by atoms with Crippen LogP contribution in [0.2, 0.25) is 0 Å². The van der Waals surface area contributed by atoms with Gasteiger partial charge in [-0.05, 0) is 31.4 Å². The first-order chi connectivity index (χ1) is 8.25. The van der Waals surface area contributed by atoms with E-state index in [-0.39, 0.29) is 6.10 Å². The Balaban J connectivity index is 1.78. The summed E-state index contributed by atoms with van der Waals surface area (Å²) in [6.45, 7) is 5.01. The van der Waals surface area contributed by atoms with Crippen molar-refractivity contribution >= 4 is 6.08 Å². The van der Waals surface area contributed by atoms with Crippen LogP contribution in [-0.4, -0.2) is 35.7 Å². The molecule has 1 aromatic rings. The molecule has 1 aliphatic rings. The number of aliphatic hydroxyl groups is 1. The van der Waals surface area contributed by atoms with Crippen molar-refractivity contribution in [3.05, 3.63) is 42.0 Å². The summed E-state index contributed by atoms with van der Waals surface area (Å²) in [5.74, 6) is 0.458. The SMILES string of the molecule is CC(O)C1CCN(C/C=C/c2ccccc2)C1. The fraction of sp³-hybridized carbons (Fsp3) is 0.467. The van der Waals surface area contributed by atoms with E-state index in [1.54, 1.807) is 0 Å². The van der Waals surface area contributed by atoms with Crippen LogP contribution in [0.3, 0.4) is 0 Å². The molecule has 0 aliphatic carbocycles. The quantitative estimate of drug-likeness (QED) is 0.860. The second-order valence-corrected chi connectivity index (χ2v) is 4.86. The minimum Gasteiger partial charge on any atom is -0.393 e. The van der Waals surface area contributed by atoms with Gasteiger partial charge in [-0.1, -0.05) is 42.5 Å². The van der Waals surface area contributed by atoms with Gasteiger partial charge < -0.3 is 5.11 Å². The highest BCUT2D eigenvalue weighted by Crippen LogP contribution is 2.19. The Morgan fingerprint density at radius 2 is 2.18 bits per heavy atom. The first kappa shape index (κ1) is 12.3. The summed E-state index contributed by atoms with van der Waals surface area (Å²) in [5, 5.41) is 9.53. The number of likely N-dealkylation sites (tertiary alicyclic amines) is 1. The van der Waals surface area contributed by atoms with Crippen LogP contribution in [0.15, 0.2) is 36.4 Å². The van der Waals surface area contributed by atoms with Gasteiger partial charge in [-0.15, -0.1) is 0 Å². The Labute approximate surface area is 104 Å². The number of hydrogen-bond acceptors (Lipinski definition) is 2. The van der Waals surface area contributed by atoms with Crippen molar-refractivity contribution in [1.29, 1.82) is 0 Å². The van der Waals surface area contributed by atoms with Gasteiger partial charge in [0.25, 0.3) is 0 Å². The molecule has 0 aromatic heterocycles. The van der Waals surface area contributed by atoms with Crippen molar-refractivity contribution in [2.45, 2.75) is 19.4 Å². The molecular formula is C15H21NO. The first-order valence-electron chi connectivity index (χ1n) is 6.38. The van der Waals surface area contributed by atoms with Crippen molar-refractivity contribution in [3.8, 4) is 0 Å². The molecule has 2 unspecified atom stereocenters. The largest absolute Gasteiger partial charge is 0.393 e. The van der Waals surface area contributed by atoms with Crippen LogP contribution in [-0.2, 0) is 0 Å². The van der Waals surface area contributed by atoms with Crippen molar-refractivity contribution in [3.63, 3.8) is 0 Å². The van der Waals surface area contributed by atoms with Crippen LogP contribution in [0.25, 0.3) is 6.08 Å². The lowest BCUT2D eigenvalue weighted by Gasteiger charge is -2.15. The Bertz CT molecular complexity index is 358. The molecule has 1 aliphatic heterocycles. The van der Waals surface area contributed by atoms with Gasteiger partial charge in [0.05, 0.1) is 6.10 Å². The van der Waals surface area contributed by atoms with Crippen molar-refractivity contribution < 1.29 is 5.11 Å². The van der Waals surface area contributed by atoms with Crippen molar-refractivity contribution in [1.82, 2.24) is 4.90 Å². The van der Waals surface area contributed by atoms with Crippen molar-refractivity contribution in [2.24, 2.45) is 5.92 Å². The lowest BCUT2D eigenvalue weighted by molar-refractivity contribution is 0.129. The zero-order valence-electron chi connectivity index (χ0n) is 10.4. The van der Waals surface area contributed by atoms with Gasteiger partial charge in [0.1, 0.15) is 0 Å². The summed E-state index contributed by atoms with van der Waals surface area (Å²) in [6.07, 6.45) is 5.32. The topological polar surface area (TPSA) is 23.5 Å². The van der Waals surface area contributed by atoms with Gasteiger partial charge in [-0.3, -0.25) is 4.90 Å². The Morgan fingerprint density at radius 1 is 1.41 bits per heavy atom. The second kappa shape index (κ2) is 5.99. The lowest BCUT2D eigenvalue weighted by atomic mass is 10.0. The highest BCUT2D eigenvalue weighted by molar-refractivity contribution is 5.48. The average molecular weight is 231 g/mol. The Morgan fingerprint density at radius 3 is 2.82 bits per heavy atom. The van der Waals surface area contributed by atoms with E-state index in [1.165, 1.54) is 5.56 Å². The summed E-state index contributed by atoms with van der Waals surface area (Å²) < 4.78 is 0. The maximum absolute atomic E-state index is 9.53. The van der Waals surface area contributed by atoms with Gasteiger partial charge in [0.2, 0.25) is 0 Å². The van der Waals surface area contributed by atoms with Crippen LogP contribution >= 0.6 is 0 Å². The fourth-order valence-electron chi connectivity index (χ4n) is 2.32. The summed E-state index contributed by atoms with van der Waals surface area (Å²) in [7, 11) is 0. The average Bonchev–Trinajstić information content (AvgIpc) is 2.79. The van der Waals surface area contributed by atoms with E-state index >= 15 is 0 Å². The molecule has 1 saturated heterocycles. The molecule has 0 spiro atoms. The highest BCUT2D eigenvalue weighted by Gasteiger charge is 2.24. The summed E-state index contributed by atoms with van der Waals surface area (Å²) >= 11 is 0. The van der Waals surface area contributed by atoms with E-state index in [0.29, 0.717) is 5.92 Å². The molecule has 1 fully saturated rings. The van der Waals surface area contributed by atoms with Crippen LogP contribution in [0.5, 0.6) is 0 Å². The molecule has 1 aromatic carbocycles. The number of aliphatic hydroxyl groups excluding tert-OH is 1. The number of nitrogens with zero attached hydrogens (tertiary/aromatic N) is 1. The zero-order valence-corrected chi connectivity index (χ0v) is 10.4. The summed E-state index contributed by atoms with van der Waals surface area (Å²) in [5.41, 5.74) is 1.25. The summed E-state index contributed by atoms with van der Waals surface area (Å²) in [4.78, 5) is 2.40. The first-order valence-corrected chi connectivity index (χ1v) is 6.38. The molecule has 0 radical (unpaired) electrons. The van der Waals surface area contributed by atoms with E-state index in [4.69, 9.17) is 0 Å². The molecule has 0 saturated carbocycles. The Kier molecular flexibility index (Phi) is 4.35. The molecule has 0 amide bonds. The molecule has 0 bridgehead atoms. The van der Waals surface area contributed by atoms with Gasteiger partial charge in [0.15, 0.2) is 0 Å². The third-order valence-electron chi connectivity index (χ3n) is 3.46. The van der Waals surface area contributed by atoms with Gasteiger partial charge >= 0.3 is 0 Å². The minimum absolute atomic E-state index is 0.168. The predicted molar refractivity (Wildman–Crippen MR) is 71.7 cm³/mol. The van der Waals surface area contributed by atoms with E-state index in [9.17, 15) is 5.11 Å². The molecule has 1 heterocycles. The van der Waals surface area contributed by atoms with Gasteiger partial charge in [0, 0.05) is 13.1 Å². The van der Waals surface area contributed by atoms with Crippen LogP contribution in [0.4, 0.5) is 0 Å². The zero-order chi connectivity index (χ0) is 12.1. The van der Waals surface area contributed by atoms with Gasteiger partial charge in [-0.25, -0.2) is 0 Å². The van der Waals surface area contributed by atoms with Crippen LogP contribution in [0.1, 0.15) is 18.9 Å². The Hall–Kier alpha value is -1.12. The predicted octanol–water partition coefficient (Wildman–Crippen LogP) is 2.40. The van der Waals surface area contributed by atoms with Gasteiger partial charge in [-0.2, -0.15) is 0 Å². The number of benzene rings is 1. The van der Waals surface area contributed by atoms with Crippen LogP contribution in [0, 0.1) is 5.92 Å². The molecule has 2 heteroatoms. The third kappa shape index (κ3) is 3.69. The number of rotatable bonds is 4. The van der Waals surface area contributed by atoms with Crippen molar-refractivity contribution in [2.75, 3.05) is 19.6 Å². The number of hydrogen-bond donors (Lipinski definition) is 1. The lowest BCUT2D eigenvalue weighted by Crippen LogP contribution is -2.24. The molecule has 1 N–H and O–H groups in total. The fourth-order valence-corrected chi connectivity index (χ4v) is 2.32. The smallest absolute Gasteiger partial charge is 0.0552 e. The highest BCUT2D eigenvalue weighted by atomic mass is 16.3. The monoisotopic (exact) mass is 231 g/mol. The maximum Gasteiger partial charge on any atom is 0.0552 e. The molecular weight excluding hydrogens is 210 g/mol. The molecule has 2 atom stereocenters. The van der Waals surface area contributed by atoms with E-state index in [2.05, 4.69) is 41.3 Å².